The first-order valence-electron chi connectivity index (χ1n) is 8.73. The van der Waals surface area contributed by atoms with E-state index in [0.717, 1.165) is 36.6 Å². The lowest BCUT2D eigenvalue weighted by Gasteiger charge is -2.34. The van der Waals surface area contributed by atoms with E-state index in [9.17, 15) is 0 Å². The number of thiocarbonyl (C=S) groups is 1. The van der Waals surface area contributed by atoms with Crippen molar-refractivity contribution >= 4 is 17.2 Å². The molecule has 5 nitrogen and oxygen atoms in total. The summed E-state index contributed by atoms with van der Waals surface area (Å²) in [5, 5.41) is 11.6. The minimum Gasteiger partial charge on any atom is -0.363 e. The summed E-state index contributed by atoms with van der Waals surface area (Å²) in [6, 6.07) is 0.661. The lowest BCUT2D eigenvalue weighted by atomic mass is 9.95. The van der Waals surface area contributed by atoms with Gasteiger partial charge in [-0.2, -0.15) is 0 Å². The van der Waals surface area contributed by atoms with Gasteiger partial charge < -0.3 is 4.90 Å². The van der Waals surface area contributed by atoms with Crippen LogP contribution in [0.25, 0.3) is 0 Å². The molecule has 0 aromatic carbocycles. The van der Waals surface area contributed by atoms with Gasteiger partial charge in [-0.3, -0.25) is 0 Å². The molecular formula is C16H29N5S. The summed E-state index contributed by atoms with van der Waals surface area (Å²) in [6.45, 7) is 3.27. The average Bonchev–Trinajstić information content (AvgIpc) is 2.87. The van der Waals surface area contributed by atoms with Crippen molar-refractivity contribution in [1.82, 2.24) is 25.1 Å². The van der Waals surface area contributed by atoms with E-state index >= 15 is 0 Å². The standard InChI is InChI=1S/C16H29N5S/c1-3-21(14-10-7-5-4-6-8-11-14)16(22)13-9-12-15-17-18-19-20(15)2/h14H,3-13H2,1-2H3. The number of hydrogen-bond acceptors (Lipinski definition) is 4. The fourth-order valence-corrected chi connectivity index (χ4v) is 3.81. The van der Waals surface area contributed by atoms with Crippen molar-refractivity contribution in [3.63, 3.8) is 0 Å². The molecule has 2 rings (SSSR count). The molecule has 1 aliphatic rings. The number of nitrogens with zero attached hydrogens (tertiary/aromatic N) is 5. The van der Waals surface area contributed by atoms with Crippen LogP contribution in [0.5, 0.6) is 0 Å². The quantitative estimate of drug-likeness (QED) is 0.752. The van der Waals surface area contributed by atoms with E-state index in [1.54, 1.807) is 4.68 Å². The van der Waals surface area contributed by atoms with Gasteiger partial charge in [-0.1, -0.05) is 44.3 Å². The summed E-state index contributed by atoms with van der Waals surface area (Å²) in [5.41, 5.74) is 0. The maximum absolute atomic E-state index is 5.73. The molecule has 1 heterocycles. The first-order chi connectivity index (χ1) is 10.7. The highest BCUT2D eigenvalue weighted by Crippen LogP contribution is 2.22. The zero-order chi connectivity index (χ0) is 15.8. The van der Waals surface area contributed by atoms with Crippen molar-refractivity contribution in [2.24, 2.45) is 7.05 Å². The van der Waals surface area contributed by atoms with Crippen LogP contribution in [0.4, 0.5) is 0 Å². The zero-order valence-corrected chi connectivity index (χ0v) is 14.8. The van der Waals surface area contributed by atoms with Crippen LogP contribution >= 0.6 is 12.2 Å². The fraction of sp³-hybridized carbons (Fsp3) is 0.875. The molecule has 0 radical (unpaired) electrons. The molecule has 0 bridgehead atoms. The minimum atomic E-state index is 0.661. The van der Waals surface area contributed by atoms with Crippen molar-refractivity contribution in [2.45, 2.75) is 77.2 Å². The van der Waals surface area contributed by atoms with Crippen LogP contribution in [0.15, 0.2) is 0 Å². The van der Waals surface area contributed by atoms with Gasteiger partial charge >= 0.3 is 0 Å². The van der Waals surface area contributed by atoms with Gasteiger partial charge in [-0.25, -0.2) is 4.68 Å². The van der Waals surface area contributed by atoms with Gasteiger partial charge in [0.15, 0.2) is 5.82 Å². The van der Waals surface area contributed by atoms with Gasteiger partial charge in [0.2, 0.25) is 0 Å². The molecule has 1 aromatic rings. The Kier molecular flexibility index (Phi) is 7.22. The van der Waals surface area contributed by atoms with Gasteiger partial charge in [-0.15, -0.1) is 5.10 Å². The van der Waals surface area contributed by atoms with Crippen molar-refractivity contribution < 1.29 is 0 Å². The molecule has 0 N–H and O–H groups in total. The van der Waals surface area contributed by atoms with E-state index < -0.39 is 0 Å². The van der Waals surface area contributed by atoms with Crippen LogP contribution in [0.1, 0.15) is 70.5 Å². The predicted molar refractivity (Wildman–Crippen MR) is 92.8 cm³/mol. The van der Waals surface area contributed by atoms with Crippen LogP contribution in [-0.2, 0) is 13.5 Å². The highest BCUT2D eigenvalue weighted by atomic mass is 32.1. The number of tetrazole rings is 1. The summed E-state index contributed by atoms with van der Waals surface area (Å²) in [7, 11) is 1.89. The second-order valence-electron chi connectivity index (χ2n) is 6.25. The zero-order valence-electron chi connectivity index (χ0n) is 14.0. The van der Waals surface area contributed by atoms with Gasteiger partial charge in [-0.05, 0) is 43.0 Å². The Bertz CT molecular complexity index is 451. The molecular weight excluding hydrogens is 294 g/mol. The maximum atomic E-state index is 5.73. The van der Waals surface area contributed by atoms with E-state index in [2.05, 4.69) is 27.3 Å². The van der Waals surface area contributed by atoms with Gasteiger partial charge in [0, 0.05) is 26.1 Å². The monoisotopic (exact) mass is 323 g/mol. The minimum absolute atomic E-state index is 0.661. The number of aryl methyl sites for hydroxylation is 2. The smallest absolute Gasteiger partial charge is 0.150 e. The average molecular weight is 324 g/mol. The number of hydrogen-bond donors (Lipinski definition) is 0. The Morgan fingerprint density at radius 1 is 1.23 bits per heavy atom. The molecule has 0 spiro atoms. The van der Waals surface area contributed by atoms with Crippen molar-refractivity contribution in [2.75, 3.05) is 6.54 Å². The largest absolute Gasteiger partial charge is 0.363 e. The Labute approximate surface area is 139 Å². The molecule has 1 aliphatic carbocycles. The van der Waals surface area contributed by atoms with E-state index in [1.165, 1.54) is 44.9 Å². The SMILES string of the molecule is CCN(C(=S)CCCc1nnnn1C)C1CCCCCCC1. The topological polar surface area (TPSA) is 46.8 Å². The first kappa shape index (κ1) is 17.3. The summed E-state index contributed by atoms with van der Waals surface area (Å²) in [6.07, 6.45) is 12.4. The van der Waals surface area contributed by atoms with Crippen LogP contribution in [-0.4, -0.2) is 42.7 Å². The number of rotatable bonds is 6. The van der Waals surface area contributed by atoms with Crippen molar-refractivity contribution in [3.05, 3.63) is 5.82 Å². The molecule has 1 fully saturated rings. The van der Waals surface area contributed by atoms with Gasteiger partial charge in [0.05, 0.1) is 4.99 Å². The van der Waals surface area contributed by atoms with E-state index in [0.29, 0.717) is 6.04 Å². The molecule has 124 valence electrons. The molecule has 0 unspecified atom stereocenters. The lowest BCUT2D eigenvalue weighted by molar-refractivity contribution is 0.266. The Morgan fingerprint density at radius 3 is 2.50 bits per heavy atom. The van der Waals surface area contributed by atoms with E-state index in [4.69, 9.17) is 12.2 Å². The third-order valence-electron chi connectivity index (χ3n) is 4.68. The summed E-state index contributed by atoms with van der Waals surface area (Å²) >= 11 is 5.73. The Morgan fingerprint density at radius 2 is 1.91 bits per heavy atom. The van der Waals surface area contributed by atoms with Crippen molar-refractivity contribution in [3.8, 4) is 0 Å². The second kappa shape index (κ2) is 9.18. The summed E-state index contributed by atoms with van der Waals surface area (Å²) < 4.78 is 1.75. The molecule has 0 amide bonds. The predicted octanol–water partition coefficient (Wildman–Crippen LogP) is 3.30. The molecule has 22 heavy (non-hydrogen) atoms. The highest BCUT2D eigenvalue weighted by Gasteiger charge is 2.20. The molecule has 6 heteroatoms. The summed E-state index contributed by atoms with van der Waals surface area (Å²) in [4.78, 5) is 3.61. The Hall–Kier alpha value is -1.04. The maximum Gasteiger partial charge on any atom is 0.150 e. The number of aromatic nitrogens is 4. The van der Waals surface area contributed by atoms with Crippen LogP contribution in [0.2, 0.25) is 0 Å². The van der Waals surface area contributed by atoms with Crippen molar-refractivity contribution in [1.29, 1.82) is 0 Å². The Balaban J connectivity index is 1.81. The fourth-order valence-electron chi connectivity index (χ4n) is 3.39. The molecule has 1 saturated carbocycles. The van der Waals surface area contributed by atoms with Crippen LogP contribution in [0, 0.1) is 0 Å². The van der Waals surface area contributed by atoms with E-state index in [-0.39, 0.29) is 0 Å². The summed E-state index contributed by atoms with van der Waals surface area (Å²) in [5.74, 6) is 0.941. The van der Waals surface area contributed by atoms with E-state index in [1.807, 2.05) is 7.05 Å². The normalized spacial score (nSPS) is 17.0. The molecule has 0 aliphatic heterocycles. The van der Waals surface area contributed by atoms with Gasteiger partial charge in [0.25, 0.3) is 0 Å². The first-order valence-corrected chi connectivity index (χ1v) is 9.14. The molecule has 1 aromatic heterocycles. The third kappa shape index (κ3) is 5.00. The van der Waals surface area contributed by atoms with Gasteiger partial charge in [0.1, 0.15) is 0 Å². The van der Waals surface area contributed by atoms with Crippen LogP contribution < -0.4 is 0 Å². The third-order valence-corrected chi connectivity index (χ3v) is 5.11. The second-order valence-corrected chi connectivity index (χ2v) is 6.72. The molecule has 0 atom stereocenters. The lowest BCUT2D eigenvalue weighted by Crippen LogP contribution is -2.39. The highest BCUT2D eigenvalue weighted by molar-refractivity contribution is 7.80. The molecule has 0 saturated heterocycles. The van der Waals surface area contributed by atoms with Crippen LogP contribution in [0.3, 0.4) is 0 Å².